The maximum atomic E-state index is 11.6. The Balaban J connectivity index is 2.21. The van der Waals surface area contributed by atoms with Gasteiger partial charge in [-0.2, -0.15) is 0 Å². The fourth-order valence-electron chi connectivity index (χ4n) is 2.04. The van der Waals surface area contributed by atoms with E-state index in [2.05, 4.69) is 22.2 Å². The summed E-state index contributed by atoms with van der Waals surface area (Å²) >= 11 is 0. The zero-order valence-corrected chi connectivity index (χ0v) is 10.9. The number of pyridine rings is 1. The largest absolute Gasteiger partial charge is 0.365 e. The molecule has 0 saturated carbocycles. The molecule has 1 aromatic heterocycles. The van der Waals surface area contributed by atoms with E-state index in [4.69, 9.17) is 0 Å². The second kappa shape index (κ2) is 4.62. The Morgan fingerprint density at radius 1 is 1.53 bits per heavy atom. The van der Waals surface area contributed by atoms with Crippen LogP contribution in [0.1, 0.15) is 6.42 Å². The summed E-state index contributed by atoms with van der Waals surface area (Å²) in [6.07, 6.45) is 3.82. The van der Waals surface area contributed by atoms with Crippen LogP contribution in [0.3, 0.4) is 0 Å². The molecule has 1 fully saturated rings. The molecular weight excluding hydrogens is 238 g/mol. The van der Waals surface area contributed by atoms with Gasteiger partial charge in [-0.3, -0.25) is 0 Å². The van der Waals surface area contributed by atoms with E-state index in [0.717, 1.165) is 19.5 Å². The van der Waals surface area contributed by atoms with Crippen molar-refractivity contribution >= 4 is 15.7 Å². The summed E-state index contributed by atoms with van der Waals surface area (Å²) in [4.78, 5) is 6.61. The van der Waals surface area contributed by atoms with Crippen LogP contribution in [0.5, 0.6) is 0 Å². The van der Waals surface area contributed by atoms with Crippen LogP contribution in [0.15, 0.2) is 23.2 Å². The molecule has 0 bridgehead atoms. The Morgan fingerprint density at radius 3 is 2.88 bits per heavy atom. The molecule has 0 amide bonds. The van der Waals surface area contributed by atoms with Gasteiger partial charge in [0.25, 0.3) is 0 Å². The van der Waals surface area contributed by atoms with Crippen LogP contribution in [0.4, 0.5) is 5.82 Å². The van der Waals surface area contributed by atoms with E-state index in [9.17, 15) is 8.42 Å². The molecule has 1 atom stereocenters. The average molecular weight is 255 g/mol. The highest BCUT2D eigenvalue weighted by molar-refractivity contribution is 7.90. The lowest BCUT2D eigenvalue weighted by atomic mass is 10.2. The summed E-state index contributed by atoms with van der Waals surface area (Å²) in [6, 6.07) is 3.50. The molecule has 1 saturated heterocycles. The average Bonchev–Trinajstić information content (AvgIpc) is 2.63. The van der Waals surface area contributed by atoms with E-state index < -0.39 is 9.84 Å². The number of nitrogens with zero attached hydrogens (tertiary/aromatic N) is 2. The third kappa shape index (κ3) is 2.95. The number of sulfone groups is 1. The van der Waals surface area contributed by atoms with Crippen LogP contribution in [-0.2, 0) is 9.84 Å². The second-order valence-electron chi connectivity index (χ2n) is 4.51. The molecule has 1 N–H and O–H groups in total. The van der Waals surface area contributed by atoms with Crippen LogP contribution < -0.4 is 5.32 Å². The molecule has 0 aromatic carbocycles. The van der Waals surface area contributed by atoms with E-state index in [1.54, 1.807) is 18.3 Å². The van der Waals surface area contributed by atoms with Gasteiger partial charge in [0.15, 0.2) is 9.84 Å². The van der Waals surface area contributed by atoms with Gasteiger partial charge in [0.2, 0.25) is 0 Å². The van der Waals surface area contributed by atoms with Gasteiger partial charge in [0.05, 0.1) is 0 Å². The first-order chi connectivity index (χ1) is 7.97. The van der Waals surface area contributed by atoms with Crippen LogP contribution in [0.2, 0.25) is 0 Å². The number of likely N-dealkylation sites (N-methyl/N-ethyl adjacent to an activating group) is 1. The van der Waals surface area contributed by atoms with Crippen LogP contribution >= 0.6 is 0 Å². The van der Waals surface area contributed by atoms with Crippen molar-refractivity contribution < 1.29 is 8.42 Å². The first-order valence-corrected chi connectivity index (χ1v) is 7.46. The highest BCUT2D eigenvalue weighted by atomic mass is 32.2. The smallest absolute Gasteiger partial charge is 0.179 e. The van der Waals surface area contributed by atoms with Gasteiger partial charge in [-0.25, -0.2) is 13.4 Å². The summed E-state index contributed by atoms with van der Waals surface area (Å²) in [7, 11) is -1.17. The van der Waals surface area contributed by atoms with Gasteiger partial charge in [-0.05, 0) is 32.1 Å². The van der Waals surface area contributed by atoms with Crippen molar-refractivity contribution in [2.24, 2.45) is 0 Å². The number of hydrogen-bond donors (Lipinski definition) is 1. The summed E-state index contributed by atoms with van der Waals surface area (Å²) in [5, 5.41) is 3.21. The predicted octanol–water partition coefficient (Wildman–Crippen LogP) is 0.601. The Kier molecular flexibility index (Phi) is 3.35. The van der Waals surface area contributed by atoms with Crippen molar-refractivity contribution in [1.29, 1.82) is 0 Å². The topological polar surface area (TPSA) is 62.3 Å². The van der Waals surface area contributed by atoms with Gasteiger partial charge in [0, 0.05) is 25.0 Å². The summed E-state index contributed by atoms with van der Waals surface area (Å²) in [6.45, 7) is 1.94. The van der Waals surface area contributed by atoms with E-state index in [1.165, 1.54) is 6.26 Å². The second-order valence-corrected chi connectivity index (χ2v) is 6.50. The first-order valence-electron chi connectivity index (χ1n) is 5.57. The number of hydrogen-bond acceptors (Lipinski definition) is 5. The third-order valence-corrected chi connectivity index (χ3v) is 4.03. The molecule has 1 aliphatic heterocycles. The maximum absolute atomic E-state index is 11.6. The predicted molar refractivity (Wildman–Crippen MR) is 66.9 cm³/mol. The molecule has 0 aliphatic carbocycles. The molecule has 94 valence electrons. The number of likely N-dealkylation sites (tertiary alicyclic amines) is 1. The first kappa shape index (κ1) is 12.3. The number of aromatic nitrogens is 1. The third-order valence-electron chi connectivity index (χ3n) is 2.90. The zero-order valence-electron chi connectivity index (χ0n) is 10.0. The molecule has 5 nitrogen and oxygen atoms in total. The minimum Gasteiger partial charge on any atom is -0.365 e. The van der Waals surface area contributed by atoms with Gasteiger partial charge >= 0.3 is 0 Å². The van der Waals surface area contributed by atoms with Crippen molar-refractivity contribution in [3.63, 3.8) is 0 Å². The molecule has 0 spiro atoms. The number of rotatable bonds is 3. The van der Waals surface area contributed by atoms with Crippen LogP contribution in [0, 0.1) is 0 Å². The van der Waals surface area contributed by atoms with Crippen molar-refractivity contribution in [3.8, 4) is 0 Å². The summed E-state index contributed by atoms with van der Waals surface area (Å²) in [5.41, 5.74) is 0. The molecule has 0 radical (unpaired) electrons. The molecule has 2 heterocycles. The standard InChI is InChI=1S/C11H17N3O2S/c1-14-7-5-9(8-14)13-11-10(17(2,15)16)4-3-6-12-11/h3-4,6,9H,5,7-8H2,1-2H3,(H,12,13). The monoisotopic (exact) mass is 255 g/mol. The number of anilines is 1. The molecule has 1 aromatic rings. The normalized spacial score (nSPS) is 21.6. The zero-order chi connectivity index (χ0) is 12.5. The quantitative estimate of drug-likeness (QED) is 0.857. The minimum atomic E-state index is -3.23. The van der Waals surface area contributed by atoms with E-state index in [0.29, 0.717) is 5.82 Å². The Hall–Kier alpha value is -1.14. The molecule has 1 unspecified atom stereocenters. The lowest BCUT2D eigenvalue weighted by Crippen LogP contribution is -2.25. The van der Waals surface area contributed by atoms with Crippen molar-refractivity contribution in [2.75, 3.05) is 31.7 Å². The molecule has 1 aliphatic rings. The lowest BCUT2D eigenvalue weighted by Gasteiger charge is -2.15. The van der Waals surface area contributed by atoms with Crippen LogP contribution in [-0.4, -0.2) is 50.7 Å². The fraction of sp³-hybridized carbons (Fsp3) is 0.545. The Labute approximate surface area is 102 Å². The highest BCUT2D eigenvalue weighted by Gasteiger charge is 2.22. The molecule has 17 heavy (non-hydrogen) atoms. The van der Waals surface area contributed by atoms with Gasteiger partial charge < -0.3 is 10.2 Å². The van der Waals surface area contributed by atoms with Gasteiger partial charge in [-0.15, -0.1) is 0 Å². The minimum absolute atomic E-state index is 0.273. The van der Waals surface area contributed by atoms with E-state index >= 15 is 0 Å². The lowest BCUT2D eigenvalue weighted by molar-refractivity contribution is 0.414. The maximum Gasteiger partial charge on any atom is 0.179 e. The van der Waals surface area contributed by atoms with Crippen LogP contribution in [0.25, 0.3) is 0 Å². The van der Waals surface area contributed by atoms with E-state index in [-0.39, 0.29) is 10.9 Å². The fourth-order valence-corrected chi connectivity index (χ4v) is 2.83. The van der Waals surface area contributed by atoms with Crippen molar-refractivity contribution in [3.05, 3.63) is 18.3 Å². The molecule has 6 heteroatoms. The summed E-state index contributed by atoms with van der Waals surface area (Å²) < 4.78 is 23.2. The van der Waals surface area contributed by atoms with Crippen molar-refractivity contribution in [2.45, 2.75) is 17.4 Å². The highest BCUT2D eigenvalue weighted by Crippen LogP contribution is 2.20. The SMILES string of the molecule is CN1CCC(Nc2ncccc2S(C)(=O)=O)C1. The Bertz CT molecular complexity index is 501. The Morgan fingerprint density at radius 2 is 2.29 bits per heavy atom. The molecule has 2 rings (SSSR count). The summed E-state index contributed by atoms with van der Waals surface area (Å²) in [5.74, 6) is 0.468. The van der Waals surface area contributed by atoms with Gasteiger partial charge in [-0.1, -0.05) is 0 Å². The number of nitrogens with one attached hydrogen (secondary N) is 1. The molecular formula is C11H17N3O2S. The van der Waals surface area contributed by atoms with Crippen molar-refractivity contribution in [1.82, 2.24) is 9.88 Å². The van der Waals surface area contributed by atoms with Gasteiger partial charge in [0.1, 0.15) is 10.7 Å². The van der Waals surface area contributed by atoms with E-state index in [1.807, 2.05) is 0 Å².